The molecular formula is C16H31N3O2. The molecule has 0 aromatic carbocycles. The van der Waals surface area contributed by atoms with E-state index in [0.29, 0.717) is 6.54 Å². The fourth-order valence-corrected chi connectivity index (χ4v) is 3.32. The lowest BCUT2D eigenvalue weighted by atomic mass is 9.73. The van der Waals surface area contributed by atoms with Crippen LogP contribution in [0.2, 0.25) is 0 Å². The van der Waals surface area contributed by atoms with Gasteiger partial charge in [0.25, 0.3) is 0 Å². The number of piperidine rings is 1. The standard InChI is InChI=1S/C16H31N3O2/c1-3-17-15(19-10-7-13(20)8-11-19)18-12-16(2)9-5-4-6-14(16)21/h13-14,20-21H,3-12H2,1-2H3,(H,17,18). The van der Waals surface area contributed by atoms with Crippen molar-refractivity contribution in [1.29, 1.82) is 0 Å². The van der Waals surface area contributed by atoms with Crippen LogP contribution in [-0.4, -0.2) is 59.5 Å². The second-order valence-electron chi connectivity index (χ2n) is 6.80. The maximum Gasteiger partial charge on any atom is 0.193 e. The van der Waals surface area contributed by atoms with Crippen molar-refractivity contribution in [3.8, 4) is 0 Å². The molecule has 2 rings (SSSR count). The molecule has 0 spiro atoms. The molecule has 2 unspecified atom stereocenters. The maximum absolute atomic E-state index is 10.3. The summed E-state index contributed by atoms with van der Waals surface area (Å²) in [6, 6.07) is 0. The number of aliphatic imine (C=N–C) groups is 1. The Hall–Kier alpha value is -0.810. The van der Waals surface area contributed by atoms with Gasteiger partial charge in [0.05, 0.1) is 18.8 Å². The van der Waals surface area contributed by atoms with E-state index in [1.807, 2.05) is 0 Å². The summed E-state index contributed by atoms with van der Waals surface area (Å²) in [4.78, 5) is 7.03. The van der Waals surface area contributed by atoms with Gasteiger partial charge >= 0.3 is 0 Å². The van der Waals surface area contributed by atoms with Gasteiger partial charge in [0.15, 0.2) is 5.96 Å². The summed E-state index contributed by atoms with van der Waals surface area (Å²) < 4.78 is 0. The Balaban J connectivity index is 1.99. The van der Waals surface area contributed by atoms with Crippen molar-refractivity contribution in [2.45, 2.75) is 64.6 Å². The smallest absolute Gasteiger partial charge is 0.193 e. The molecule has 1 aliphatic carbocycles. The molecule has 5 nitrogen and oxygen atoms in total. The molecule has 1 aliphatic heterocycles. The highest BCUT2D eigenvalue weighted by Crippen LogP contribution is 2.36. The topological polar surface area (TPSA) is 68.1 Å². The number of aliphatic hydroxyl groups excluding tert-OH is 2. The first kappa shape index (κ1) is 16.6. The van der Waals surface area contributed by atoms with Gasteiger partial charge in [-0.15, -0.1) is 0 Å². The fourth-order valence-electron chi connectivity index (χ4n) is 3.32. The molecule has 2 aliphatic rings. The monoisotopic (exact) mass is 297 g/mol. The van der Waals surface area contributed by atoms with E-state index >= 15 is 0 Å². The second-order valence-corrected chi connectivity index (χ2v) is 6.80. The zero-order chi connectivity index (χ0) is 15.3. The molecule has 0 aromatic rings. The number of likely N-dealkylation sites (tertiary alicyclic amines) is 1. The summed E-state index contributed by atoms with van der Waals surface area (Å²) in [5.74, 6) is 0.934. The van der Waals surface area contributed by atoms with E-state index < -0.39 is 0 Å². The van der Waals surface area contributed by atoms with Crippen LogP contribution in [-0.2, 0) is 0 Å². The van der Waals surface area contributed by atoms with Crippen molar-refractivity contribution in [3.63, 3.8) is 0 Å². The zero-order valence-electron chi connectivity index (χ0n) is 13.5. The molecule has 0 amide bonds. The van der Waals surface area contributed by atoms with Crippen molar-refractivity contribution < 1.29 is 10.2 Å². The lowest BCUT2D eigenvalue weighted by Crippen LogP contribution is -2.47. The van der Waals surface area contributed by atoms with Gasteiger partial charge in [-0.25, -0.2) is 0 Å². The lowest BCUT2D eigenvalue weighted by Gasteiger charge is -2.38. The molecule has 0 bridgehead atoms. The van der Waals surface area contributed by atoms with E-state index in [1.54, 1.807) is 0 Å². The first-order valence-electron chi connectivity index (χ1n) is 8.44. The van der Waals surface area contributed by atoms with Gasteiger partial charge in [0, 0.05) is 25.0 Å². The van der Waals surface area contributed by atoms with Crippen LogP contribution in [0.1, 0.15) is 52.4 Å². The van der Waals surface area contributed by atoms with Crippen molar-refractivity contribution in [3.05, 3.63) is 0 Å². The van der Waals surface area contributed by atoms with Crippen LogP contribution in [0.3, 0.4) is 0 Å². The van der Waals surface area contributed by atoms with Crippen LogP contribution in [0.5, 0.6) is 0 Å². The third-order valence-corrected chi connectivity index (χ3v) is 4.97. The minimum absolute atomic E-state index is 0.0891. The number of aliphatic hydroxyl groups is 2. The first-order chi connectivity index (χ1) is 10.0. The summed E-state index contributed by atoms with van der Waals surface area (Å²) in [5.41, 5.74) is -0.0891. The highest BCUT2D eigenvalue weighted by atomic mass is 16.3. The van der Waals surface area contributed by atoms with Gasteiger partial charge < -0.3 is 20.4 Å². The molecule has 0 aromatic heterocycles. The molecule has 5 heteroatoms. The van der Waals surface area contributed by atoms with E-state index in [-0.39, 0.29) is 17.6 Å². The molecule has 1 heterocycles. The Kier molecular flexibility index (Phi) is 5.88. The van der Waals surface area contributed by atoms with Crippen LogP contribution in [0.4, 0.5) is 0 Å². The molecule has 21 heavy (non-hydrogen) atoms. The molecular weight excluding hydrogens is 266 g/mol. The fraction of sp³-hybridized carbons (Fsp3) is 0.938. The predicted molar refractivity (Wildman–Crippen MR) is 85.4 cm³/mol. The summed E-state index contributed by atoms with van der Waals surface area (Å²) in [5, 5.41) is 23.3. The number of nitrogens with zero attached hydrogens (tertiary/aromatic N) is 2. The van der Waals surface area contributed by atoms with Gasteiger partial charge in [0.2, 0.25) is 0 Å². The normalized spacial score (nSPS) is 32.3. The Morgan fingerprint density at radius 3 is 2.57 bits per heavy atom. The SMILES string of the molecule is CCNC(=NCC1(C)CCCCC1O)N1CCC(O)CC1. The average Bonchev–Trinajstić information content (AvgIpc) is 2.48. The molecule has 2 fully saturated rings. The molecule has 2 atom stereocenters. The van der Waals surface area contributed by atoms with Crippen molar-refractivity contribution in [2.75, 3.05) is 26.2 Å². The van der Waals surface area contributed by atoms with Crippen LogP contribution in [0.25, 0.3) is 0 Å². The summed E-state index contributed by atoms with van der Waals surface area (Å²) in [6.07, 6.45) is 5.49. The summed E-state index contributed by atoms with van der Waals surface area (Å²) in [7, 11) is 0. The highest BCUT2D eigenvalue weighted by molar-refractivity contribution is 5.80. The highest BCUT2D eigenvalue weighted by Gasteiger charge is 2.35. The Morgan fingerprint density at radius 1 is 1.24 bits per heavy atom. The first-order valence-corrected chi connectivity index (χ1v) is 8.44. The maximum atomic E-state index is 10.3. The largest absolute Gasteiger partial charge is 0.393 e. The quantitative estimate of drug-likeness (QED) is 0.543. The van der Waals surface area contributed by atoms with Crippen LogP contribution < -0.4 is 5.32 Å². The molecule has 1 saturated carbocycles. The molecule has 3 N–H and O–H groups in total. The third-order valence-electron chi connectivity index (χ3n) is 4.97. The number of rotatable bonds is 3. The lowest BCUT2D eigenvalue weighted by molar-refractivity contribution is 0.00696. The van der Waals surface area contributed by atoms with E-state index in [0.717, 1.165) is 57.7 Å². The van der Waals surface area contributed by atoms with E-state index in [2.05, 4.69) is 24.1 Å². The Bertz CT molecular complexity index is 353. The molecule has 0 radical (unpaired) electrons. The third kappa shape index (κ3) is 4.33. The van der Waals surface area contributed by atoms with Gasteiger partial charge in [-0.05, 0) is 32.6 Å². The van der Waals surface area contributed by atoms with E-state index in [4.69, 9.17) is 4.99 Å². The number of hydrogen-bond acceptors (Lipinski definition) is 3. The van der Waals surface area contributed by atoms with Gasteiger partial charge in [-0.3, -0.25) is 4.99 Å². The van der Waals surface area contributed by atoms with Crippen LogP contribution in [0, 0.1) is 5.41 Å². The van der Waals surface area contributed by atoms with E-state index in [1.165, 1.54) is 6.42 Å². The van der Waals surface area contributed by atoms with E-state index in [9.17, 15) is 10.2 Å². The van der Waals surface area contributed by atoms with Gasteiger partial charge in [0.1, 0.15) is 0 Å². The average molecular weight is 297 g/mol. The minimum Gasteiger partial charge on any atom is -0.393 e. The summed E-state index contributed by atoms with van der Waals surface area (Å²) in [6.45, 7) is 7.46. The minimum atomic E-state index is -0.235. The van der Waals surface area contributed by atoms with Crippen molar-refractivity contribution in [1.82, 2.24) is 10.2 Å². The Morgan fingerprint density at radius 2 is 1.95 bits per heavy atom. The predicted octanol–water partition coefficient (Wildman–Crippen LogP) is 1.35. The summed E-state index contributed by atoms with van der Waals surface area (Å²) >= 11 is 0. The number of guanidine groups is 1. The van der Waals surface area contributed by atoms with Gasteiger partial charge in [-0.1, -0.05) is 19.8 Å². The van der Waals surface area contributed by atoms with Crippen LogP contribution in [0.15, 0.2) is 4.99 Å². The Labute approximate surface area is 128 Å². The number of nitrogens with one attached hydrogen (secondary N) is 1. The second kappa shape index (κ2) is 7.45. The van der Waals surface area contributed by atoms with Crippen molar-refractivity contribution >= 4 is 5.96 Å². The zero-order valence-corrected chi connectivity index (χ0v) is 13.5. The van der Waals surface area contributed by atoms with Crippen LogP contribution >= 0.6 is 0 Å². The van der Waals surface area contributed by atoms with Gasteiger partial charge in [-0.2, -0.15) is 0 Å². The van der Waals surface area contributed by atoms with Crippen molar-refractivity contribution in [2.24, 2.45) is 10.4 Å². The number of hydrogen-bond donors (Lipinski definition) is 3. The molecule has 1 saturated heterocycles. The molecule has 122 valence electrons.